The Balaban J connectivity index is 1.20. The smallest absolute Gasteiger partial charge is 0.119 e. The van der Waals surface area contributed by atoms with Crippen LogP contribution in [0.1, 0.15) is 6.92 Å². The van der Waals surface area contributed by atoms with E-state index in [1.807, 2.05) is 73.0 Å². The molecule has 0 bridgehead atoms. The lowest BCUT2D eigenvalue weighted by Crippen LogP contribution is -2.39. The van der Waals surface area contributed by atoms with Crippen LogP contribution >= 0.6 is 11.3 Å². The number of thiophene rings is 1. The molecule has 0 aliphatic carbocycles. The number of para-hydroxylation sites is 1. The van der Waals surface area contributed by atoms with Gasteiger partial charge in [0.25, 0.3) is 0 Å². The molecule has 7 heteroatoms. The summed E-state index contributed by atoms with van der Waals surface area (Å²) >= 11 is 1.67. The van der Waals surface area contributed by atoms with Gasteiger partial charge in [-0.05, 0) is 54.8 Å². The fourth-order valence-electron chi connectivity index (χ4n) is 3.04. The van der Waals surface area contributed by atoms with Crippen molar-refractivity contribution in [2.75, 3.05) is 19.8 Å². The SMILES string of the molecule is CC(COc1ccccc1)NCC(O)COc1ccc(-c2n[nH]c3ccsc23)cc1. The van der Waals surface area contributed by atoms with Crippen molar-refractivity contribution in [1.29, 1.82) is 0 Å². The Morgan fingerprint density at radius 2 is 1.73 bits per heavy atom. The van der Waals surface area contributed by atoms with Crippen LogP contribution < -0.4 is 14.8 Å². The first-order valence-electron chi connectivity index (χ1n) is 9.93. The van der Waals surface area contributed by atoms with E-state index < -0.39 is 6.10 Å². The maximum atomic E-state index is 10.2. The van der Waals surface area contributed by atoms with Crippen LogP contribution in [-0.2, 0) is 0 Å². The van der Waals surface area contributed by atoms with E-state index in [9.17, 15) is 5.11 Å². The van der Waals surface area contributed by atoms with Crippen LogP contribution in [0.5, 0.6) is 11.5 Å². The largest absolute Gasteiger partial charge is 0.492 e. The van der Waals surface area contributed by atoms with Gasteiger partial charge in [-0.15, -0.1) is 11.3 Å². The number of aliphatic hydroxyl groups is 1. The van der Waals surface area contributed by atoms with Crippen molar-refractivity contribution in [1.82, 2.24) is 15.5 Å². The molecule has 30 heavy (non-hydrogen) atoms. The lowest BCUT2D eigenvalue weighted by molar-refractivity contribution is 0.102. The summed E-state index contributed by atoms with van der Waals surface area (Å²) in [7, 11) is 0. The zero-order valence-electron chi connectivity index (χ0n) is 16.7. The monoisotopic (exact) mass is 423 g/mol. The Bertz CT molecular complexity index is 1050. The van der Waals surface area contributed by atoms with Gasteiger partial charge in [0.1, 0.15) is 36.5 Å². The van der Waals surface area contributed by atoms with Gasteiger partial charge in [-0.25, -0.2) is 0 Å². The Morgan fingerprint density at radius 1 is 1.00 bits per heavy atom. The van der Waals surface area contributed by atoms with Crippen LogP contribution in [0.15, 0.2) is 66.0 Å². The second-order valence-electron chi connectivity index (χ2n) is 7.16. The van der Waals surface area contributed by atoms with Gasteiger partial charge < -0.3 is 19.9 Å². The molecule has 2 unspecified atom stereocenters. The van der Waals surface area contributed by atoms with Gasteiger partial charge in [0.15, 0.2) is 0 Å². The third-order valence-electron chi connectivity index (χ3n) is 4.68. The van der Waals surface area contributed by atoms with E-state index in [4.69, 9.17) is 9.47 Å². The molecule has 3 N–H and O–H groups in total. The molecule has 0 saturated carbocycles. The first-order valence-corrected chi connectivity index (χ1v) is 10.8. The van der Waals surface area contributed by atoms with Gasteiger partial charge in [0, 0.05) is 18.2 Å². The first kappa shape index (κ1) is 20.4. The summed E-state index contributed by atoms with van der Waals surface area (Å²) in [6.07, 6.45) is -0.610. The molecule has 0 fully saturated rings. The van der Waals surface area contributed by atoms with Gasteiger partial charge >= 0.3 is 0 Å². The first-order chi connectivity index (χ1) is 14.7. The molecule has 0 aliphatic heterocycles. The lowest BCUT2D eigenvalue weighted by atomic mass is 10.1. The zero-order chi connectivity index (χ0) is 20.8. The Kier molecular flexibility index (Phi) is 6.63. The third kappa shape index (κ3) is 5.18. The van der Waals surface area contributed by atoms with E-state index in [1.165, 1.54) is 0 Å². The summed E-state index contributed by atoms with van der Waals surface area (Å²) in [6, 6.07) is 19.6. The Morgan fingerprint density at radius 3 is 2.53 bits per heavy atom. The molecule has 2 aromatic heterocycles. The van der Waals surface area contributed by atoms with Gasteiger partial charge in [0.05, 0.1) is 10.2 Å². The summed E-state index contributed by atoms with van der Waals surface area (Å²) in [4.78, 5) is 0. The molecule has 2 heterocycles. The Hall–Kier alpha value is -2.87. The fourth-order valence-corrected chi connectivity index (χ4v) is 3.89. The molecular weight excluding hydrogens is 398 g/mol. The van der Waals surface area contributed by atoms with Crippen LogP contribution in [0.3, 0.4) is 0 Å². The summed E-state index contributed by atoms with van der Waals surface area (Å²) < 4.78 is 12.6. The summed E-state index contributed by atoms with van der Waals surface area (Å²) in [6.45, 7) is 3.20. The molecule has 0 spiro atoms. The number of hydrogen-bond donors (Lipinski definition) is 3. The molecule has 0 saturated heterocycles. The third-order valence-corrected chi connectivity index (χ3v) is 5.60. The average Bonchev–Trinajstić information content (AvgIpc) is 3.40. The molecule has 4 aromatic rings. The number of hydrogen-bond acceptors (Lipinski definition) is 6. The van der Waals surface area contributed by atoms with Gasteiger partial charge in [-0.2, -0.15) is 5.10 Å². The minimum atomic E-state index is -0.610. The highest BCUT2D eigenvalue weighted by Gasteiger charge is 2.11. The van der Waals surface area contributed by atoms with Crippen molar-refractivity contribution < 1.29 is 14.6 Å². The molecule has 0 radical (unpaired) electrons. The standard InChI is InChI=1S/C23H25N3O3S/c1-16(14-28-19-5-3-2-4-6-19)24-13-18(27)15-29-20-9-7-17(8-10-20)22-23-21(25-26-22)11-12-30-23/h2-12,16,18,24,27H,13-15H2,1H3,(H,25,26). The van der Waals surface area contributed by atoms with Crippen LogP contribution in [0.2, 0.25) is 0 Å². The van der Waals surface area contributed by atoms with E-state index in [0.29, 0.717) is 13.2 Å². The quantitative estimate of drug-likeness (QED) is 0.358. The topological polar surface area (TPSA) is 79.4 Å². The van der Waals surface area contributed by atoms with Gasteiger partial charge in [0.2, 0.25) is 0 Å². The number of H-pyrrole nitrogens is 1. The highest BCUT2D eigenvalue weighted by molar-refractivity contribution is 7.17. The highest BCUT2D eigenvalue weighted by atomic mass is 32.1. The minimum Gasteiger partial charge on any atom is -0.492 e. The molecule has 156 valence electrons. The van der Waals surface area contributed by atoms with E-state index in [-0.39, 0.29) is 12.6 Å². The fraction of sp³-hybridized carbons (Fsp3) is 0.261. The summed E-state index contributed by atoms with van der Waals surface area (Å²) in [5.74, 6) is 1.56. The molecule has 2 atom stereocenters. The maximum absolute atomic E-state index is 10.2. The van der Waals surface area contributed by atoms with Crippen LogP contribution in [0.25, 0.3) is 21.5 Å². The van der Waals surface area contributed by atoms with Crippen LogP contribution in [0.4, 0.5) is 0 Å². The second-order valence-corrected chi connectivity index (χ2v) is 8.07. The number of benzene rings is 2. The number of nitrogens with one attached hydrogen (secondary N) is 2. The van der Waals surface area contributed by atoms with Crippen molar-refractivity contribution in [3.8, 4) is 22.8 Å². The number of aromatic nitrogens is 2. The van der Waals surface area contributed by atoms with Gasteiger partial charge in [-0.1, -0.05) is 18.2 Å². The van der Waals surface area contributed by atoms with Crippen molar-refractivity contribution >= 4 is 21.6 Å². The second kappa shape index (κ2) is 9.75. The maximum Gasteiger partial charge on any atom is 0.119 e. The predicted molar refractivity (Wildman–Crippen MR) is 120 cm³/mol. The van der Waals surface area contributed by atoms with E-state index in [2.05, 4.69) is 15.5 Å². The number of ether oxygens (including phenoxy) is 2. The van der Waals surface area contributed by atoms with Crippen molar-refractivity contribution in [2.45, 2.75) is 19.1 Å². The molecule has 0 aliphatic rings. The molecule has 2 aromatic carbocycles. The van der Waals surface area contributed by atoms with Crippen molar-refractivity contribution in [3.63, 3.8) is 0 Å². The van der Waals surface area contributed by atoms with Crippen molar-refractivity contribution in [3.05, 3.63) is 66.0 Å². The number of aromatic amines is 1. The van der Waals surface area contributed by atoms with Crippen LogP contribution in [-0.4, -0.2) is 47.2 Å². The van der Waals surface area contributed by atoms with E-state index >= 15 is 0 Å². The predicted octanol–water partition coefficient (Wildman–Crippen LogP) is 4.09. The average molecular weight is 424 g/mol. The molecule has 4 rings (SSSR count). The molecular formula is C23H25N3O3S. The molecule has 0 amide bonds. The summed E-state index contributed by atoms with van der Waals surface area (Å²) in [5.41, 5.74) is 3.03. The zero-order valence-corrected chi connectivity index (χ0v) is 17.6. The minimum absolute atomic E-state index is 0.113. The normalized spacial score (nSPS) is 13.3. The number of fused-ring (bicyclic) bond motifs is 1. The lowest BCUT2D eigenvalue weighted by Gasteiger charge is -2.18. The number of aliphatic hydroxyl groups excluding tert-OH is 1. The number of nitrogens with zero attached hydrogens (tertiary/aromatic N) is 1. The summed E-state index contributed by atoms with van der Waals surface area (Å²) in [5, 5.41) is 23.0. The van der Waals surface area contributed by atoms with E-state index in [0.717, 1.165) is 33.0 Å². The Labute approximate surface area is 179 Å². The number of rotatable bonds is 10. The van der Waals surface area contributed by atoms with E-state index in [1.54, 1.807) is 11.3 Å². The molecule has 6 nitrogen and oxygen atoms in total. The van der Waals surface area contributed by atoms with Crippen molar-refractivity contribution in [2.24, 2.45) is 0 Å². The van der Waals surface area contributed by atoms with Crippen LogP contribution in [0, 0.1) is 0 Å². The highest BCUT2D eigenvalue weighted by Crippen LogP contribution is 2.31. The van der Waals surface area contributed by atoms with Gasteiger partial charge in [-0.3, -0.25) is 5.10 Å².